The zero-order chi connectivity index (χ0) is 15.1. The van der Waals surface area contributed by atoms with Crippen molar-refractivity contribution in [3.05, 3.63) is 33.8 Å². The maximum absolute atomic E-state index is 11.6. The van der Waals surface area contributed by atoms with Crippen molar-refractivity contribution in [3.8, 4) is 0 Å². The number of carboxylic acid groups (broad SMARTS) is 1. The van der Waals surface area contributed by atoms with Gasteiger partial charge in [-0.1, -0.05) is 29.3 Å². The molecule has 110 valence electrons. The Balaban J connectivity index is 2.41. The standard InChI is InChI=1S/C13H16Cl2N2O3/c1-8(9-4-5-10(14)11(15)7-9)17-13(20)16-6-2-3-12(18)19/h4-5,7-8H,2-3,6H2,1H3,(H,18,19)(H2,16,17,20). The molecule has 20 heavy (non-hydrogen) atoms. The molecule has 0 aliphatic rings. The number of aliphatic carboxylic acids is 1. The van der Waals surface area contributed by atoms with Crippen molar-refractivity contribution in [1.29, 1.82) is 0 Å². The van der Waals surface area contributed by atoms with Gasteiger partial charge in [0.25, 0.3) is 0 Å². The summed E-state index contributed by atoms with van der Waals surface area (Å²) in [5.41, 5.74) is 0.833. The smallest absolute Gasteiger partial charge is 0.315 e. The van der Waals surface area contributed by atoms with Gasteiger partial charge in [-0.15, -0.1) is 0 Å². The summed E-state index contributed by atoms with van der Waals surface area (Å²) in [5.74, 6) is -0.878. The summed E-state index contributed by atoms with van der Waals surface area (Å²) in [7, 11) is 0. The number of carboxylic acids is 1. The van der Waals surface area contributed by atoms with Crippen LogP contribution in [-0.2, 0) is 4.79 Å². The molecular formula is C13H16Cl2N2O3. The number of rotatable bonds is 6. The van der Waals surface area contributed by atoms with Crippen LogP contribution in [0.1, 0.15) is 31.4 Å². The topological polar surface area (TPSA) is 78.4 Å². The largest absolute Gasteiger partial charge is 0.481 e. The molecule has 5 nitrogen and oxygen atoms in total. The number of carbonyl (C=O) groups excluding carboxylic acids is 1. The van der Waals surface area contributed by atoms with Crippen molar-refractivity contribution in [2.75, 3.05) is 6.54 Å². The molecular weight excluding hydrogens is 303 g/mol. The van der Waals surface area contributed by atoms with Crippen molar-refractivity contribution in [2.45, 2.75) is 25.8 Å². The minimum absolute atomic E-state index is 0.0304. The molecule has 0 spiro atoms. The molecule has 1 atom stereocenters. The van der Waals surface area contributed by atoms with Crippen molar-refractivity contribution in [2.24, 2.45) is 0 Å². The molecule has 2 amide bonds. The first-order chi connectivity index (χ1) is 9.40. The third kappa shape index (κ3) is 5.67. The highest BCUT2D eigenvalue weighted by atomic mass is 35.5. The van der Waals surface area contributed by atoms with E-state index in [2.05, 4.69) is 10.6 Å². The second-order valence-electron chi connectivity index (χ2n) is 4.29. The maximum atomic E-state index is 11.6. The summed E-state index contributed by atoms with van der Waals surface area (Å²) in [4.78, 5) is 21.9. The van der Waals surface area contributed by atoms with E-state index in [0.717, 1.165) is 5.56 Å². The van der Waals surface area contributed by atoms with Crippen LogP contribution in [-0.4, -0.2) is 23.7 Å². The van der Waals surface area contributed by atoms with Gasteiger partial charge in [0.2, 0.25) is 0 Å². The first-order valence-corrected chi connectivity index (χ1v) is 6.87. The molecule has 3 N–H and O–H groups in total. The predicted octanol–water partition coefficient (Wildman–Crippen LogP) is 3.22. The Labute approximate surface area is 127 Å². The molecule has 1 aromatic carbocycles. The lowest BCUT2D eigenvalue weighted by Gasteiger charge is -2.15. The van der Waals surface area contributed by atoms with E-state index in [1.807, 2.05) is 6.92 Å². The van der Waals surface area contributed by atoms with Crippen molar-refractivity contribution in [1.82, 2.24) is 10.6 Å². The Morgan fingerprint density at radius 1 is 1.30 bits per heavy atom. The van der Waals surface area contributed by atoms with E-state index in [4.69, 9.17) is 28.3 Å². The fourth-order valence-electron chi connectivity index (χ4n) is 1.55. The van der Waals surface area contributed by atoms with Crippen molar-refractivity contribution >= 4 is 35.2 Å². The number of hydrogen-bond acceptors (Lipinski definition) is 2. The van der Waals surface area contributed by atoms with Gasteiger partial charge in [-0.25, -0.2) is 4.79 Å². The lowest BCUT2D eigenvalue weighted by Crippen LogP contribution is -2.37. The number of nitrogens with one attached hydrogen (secondary N) is 2. The molecule has 1 unspecified atom stereocenters. The molecule has 1 rings (SSSR count). The lowest BCUT2D eigenvalue weighted by molar-refractivity contribution is -0.137. The van der Waals surface area contributed by atoms with Crippen LogP contribution in [0.25, 0.3) is 0 Å². The summed E-state index contributed by atoms with van der Waals surface area (Å²) >= 11 is 11.7. The van der Waals surface area contributed by atoms with Crippen LogP contribution < -0.4 is 10.6 Å². The molecule has 1 aromatic rings. The monoisotopic (exact) mass is 318 g/mol. The molecule has 0 saturated carbocycles. The maximum Gasteiger partial charge on any atom is 0.315 e. The highest BCUT2D eigenvalue weighted by molar-refractivity contribution is 6.42. The highest BCUT2D eigenvalue weighted by Gasteiger charge is 2.10. The van der Waals surface area contributed by atoms with E-state index in [1.165, 1.54) is 0 Å². The van der Waals surface area contributed by atoms with Crippen molar-refractivity contribution in [3.63, 3.8) is 0 Å². The predicted molar refractivity (Wildman–Crippen MR) is 78.3 cm³/mol. The van der Waals surface area contributed by atoms with E-state index < -0.39 is 5.97 Å². The van der Waals surface area contributed by atoms with E-state index in [0.29, 0.717) is 23.0 Å². The number of halogens is 2. The summed E-state index contributed by atoms with van der Waals surface area (Å²) in [5, 5.41) is 14.7. The first-order valence-electron chi connectivity index (χ1n) is 6.11. The van der Waals surface area contributed by atoms with E-state index in [-0.39, 0.29) is 18.5 Å². The number of carbonyl (C=O) groups is 2. The molecule has 0 aliphatic carbocycles. The Bertz CT molecular complexity index is 495. The summed E-state index contributed by atoms with van der Waals surface area (Å²) < 4.78 is 0. The van der Waals surface area contributed by atoms with Crippen LogP contribution in [0, 0.1) is 0 Å². The van der Waals surface area contributed by atoms with Gasteiger partial charge in [-0.2, -0.15) is 0 Å². The minimum Gasteiger partial charge on any atom is -0.481 e. The minimum atomic E-state index is -0.878. The van der Waals surface area contributed by atoms with Gasteiger partial charge in [-0.05, 0) is 31.0 Å². The Morgan fingerprint density at radius 3 is 2.60 bits per heavy atom. The summed E-state index contributed by atoms with van der Waals surface area (Å²) in [6.45, 7) is 2.13. The van der Waals surface area contributed by atoms with E-state index in [1.54, 1.807) is 18.2 Å². The number of amides is 2. The SMILES string of the molecule is CC(NC(=O)NCCCC(=O)O)c1ccc(Cl)c(Cl)c1. The molecule has 0 saturated heterocycles. The van der Waals surface area contributed by atoms with Gasteiger partial charge in [0.15, 0.2) is 0 Å². The molecule has 0 fully saturated rings. The zero-order valence-electron chi connectivity index (χ0n) is 11.0. The number of urea groups is 1. The van der Waals surface area contributed by atoms with E-state index in [9.17, 15) is 9.59 Å². The van der Waals surface area contributed by atoms with Gasteiger partial charge < -0.3 is 15.7 Å². The molecule has 0 aliphatic heterocycles. The third-order valence-corrected chi connectivity index (χ3v) is 3.38. The average molecular weight is 319 g/mol. The van der Waals surface area contributed by atoms with Gasteiger partial charge >= 0.3 is 12.0 Å². The van der Waals surface area contributed by atoms with E-state index >= 15 is 0 Å². The second kappa shape index (κ2) is 7.97. The summed E-state index contributed by atoms with van der Waals surface area (Å²) in [6, 6.07) is 4.56. The van der Waals surface area contributed by atoms with Gasteiger partial charge in [0, 0.05) is 13.0 Å². The normalized spacial score (nSPS) is 11.8. The van der Waals surface area contributed by atoms with Gasteiger partial charge in [0.05, 0.1) is 16.1 Å². The lowest BCUT2D eigenvalue weighted by atomic mass is 10.1. The first kappa shape index (κ1) is 16.6. The highest BCUT2D eigenvalue weighted by Crippen LogP contribution is 2.25. The Hall–Kier alpha value is -1.46. The Kier molecular flexibility index (Phi) is 6.61. The second-order valence-corrected chi connectivity index (χ2v) is 5.11. The van der Waals surface area contributed by atoms with Crippen LogP contribution in [0.2, 0.25) is 10.0 Å². The quantitative estimate of drug-likeness (QED) is 0.705. The van der Waals surface area contributed by atoms with Gasteiger partial charge in [0.1, 0.15) is 0 Å². The average Bonchev–Trinajstić information content (AvgIpc) is 2.37. The Morgan fingerprint density at radius 2 is 2.00 bits per heavy atom. The zero-order valence-corrected chi connectivity index (χ0v) is 12.5. The fraction of sp³-hybridized carbons (Fsp3) is 0.385. The van der Waals surface area contributed by atoms with Gasteiger partial charge in [-0.3, -0.25) is 4.79 Å². The fourth-order valence-corrected chi connectivity index (χ4v) is 1.86. The van der Waals surface area contributed by atoms with Crippen LogP contribution in [0.3, 0.4) is 0 Å². The van der Waals surface area contributed by atoms with Crippen LogP contribution >= 0.6 is 23.2 Å². The molecule has 7 heteroatoms. The van der Waals surface area contributed by atoms with Crippen LogP contribution in [0.5, 0.6) is 0 Å². The molecule has 0 aromatic heterocycles. The molecule has 0 bridgehead atoms. The van der Waals surface area contributed by atoms with Crippen LogP contribution in [0.4, 0.5) is 4.79 Å². The molecule has 0 heterocycles. The number of benzene rings is 1. The van der Waals surface area contributed by atoms with Crippen molar-refractivity contribution < 1.29 is 14.7 Å². The molecule has 0 radical (unpaired) electrons. The number of hydrogen-bond donors (Lipinski definition) is 3. The third-order valence-electron chi connectivity index (χ3n) is 2.64. The van der Waals surface area contributed by atoms with Crippen LogP contribution in [0.15, 0.2) is 18.2 Å². The summed E-state index contributed by atoms with van der Waals surface area (Å²) in [6.07, 6.45) is 0.423.